The van der Waals surface area contributed by atoms with Gasteiger partial charge in [-0.25, -0.2) is 14.4 Å². The van der Waals surface area contributed by atoms with Crippen LogP contribution in [0.1, 0.15) is 20.3 Å². The van der Waals surface area contributed by atoms with Crippen LogP contribution in [0.3, 0.4) is 0 Å². The first-order valence-corrected chi connectivity index (χ1v) is 8.88. The zero-order chi connectivity index (χ0) is 18.1. The van der Waals surface area contributed by atoms with Crippen molar-refractivity contribution in [1.29, 1.82) is 0 Å². The third-order valence-electron chi connectivity index (χ3n) is 4.36. The van der Waals surface area contributed by atoms with Gasteiger partial charge in [0.05, 0.1) is 18.0 Å². The minimum atomic E-state index is -0.371. The zero-order valence-corrected chi connectivity index (χ0v) is 14.9. The van der Waals surface area contributed by atoms with Crippen molar-refractivity contribution in [3.63, 3.8) is 0 Å². The number of fused-ring (bicyclic) bond motifs is 1. The molecule has 3 aromatic rings. The Morgan fingerprint density at radius 1 is 1.35 bits per heavy atom. The summed E-state index contributed by atoms with van der Waals surface area (Å²) in [5, 5.41) is 6.66. The van der Waals surface area contributed by atoms with E-state index in [1.54, 1.807) is 12.3 Å². The van der Waals surface area contributed by atoms with Gasteiger partial charge in [0.2, 0.25) is 0 Å². The van der Waals surface area contributed by atoms with E-state index in [0.717, 1.165) is 25.3 Å². The maximum absolute atomic E-state index is 14.5. The number of ether oxygens (including phenoxy) is 1. The molecule has 0 spiro atoms. The zero-order valence-electron chi connectivity index (χ0n) is 14.9. The van der Waals surface area contributed by atoms with E-state index in [9.17, 15) is 4.39 Å². The van der Waals surface area contributed by atoms with Crippen LogP contribution < -0.4 is 15.4 Å². The molecule has 0 amide bonds. The first kappa shape index (κ1) is 16.8. The number of halogens is 1. The van der Waals surface area contributed by atoms with Crippen molar-refractivity contribution in [3.05, 3.63) is 42.5 Å². The second-order valence-corrected chi connectivity index (χ2v) is 6.76. The highest BCUT2D eigenvalue weighted by molar-refractivity contribution is 5.63. The summed E-state index contributed by atoms with van der Waals surface area (Å²) in [4.78, 5) is 8.88. The van der Waals surface area contributed by atoms with Crippen molar-refractivity contribution in [3.8, 4) is 17.1 Å². The highest BCUT2D eigenvalue weighted by Gasteiger charge is 2.17. The number of hydrogen-bond donors (Lipinski definition) is 2. The van der Waals surface area contributed by atoms with Gasteiger partial charge in [0, 0.05) is 24.8 Å². The second kappa shape index (κ2) is 6.92. The van der Waals surface area contributed by atoms with Gasteiger partial charge in [0.15, 0.2) is 5.82 Å². The van der Waals surface area contributed by atoms with E-state index >= 15 is 0 Å². The van der Waals surface area contributed by atoms with Crippen LogP contribution in [-0.2, 0) is 0 Å². The lowest BCUT2D eigenvalue weighted by atomic mass is 10.2. The van der Waals surface area contributed by atoms with Gasteiger partial charge < -0.3 is 15.4 Å². The Labute approximate surface area is 151 Å². The Bertz CT molecular complexity index is 917. The monoisotopic (exact) mass is 355 g/mol. The summed E-state index contributed by atoms with van der Waals surface area (Å²) in [6.45, 7) is 5.82. The van der Waals surface area contributed by atoms with Crippen molar-refractivity contribution < 1.29 is 9.13 Å². The Morgan fingerprint density at radius 2 is 2.23 bits per heavy atom. The molecule has 1 saturated heterocycles. The maximum Gasteiger partial charge on any atom is 0.151 e. The molecule has 6 nitrogen and oxygen atoms in total. The number of anilines is 1. The third kappa shape index (κ3) is 3.35. The SMILES string of the molecule is CC(C)Oc1ccn2c(-c3nc(NC4CCNC4)ccc3F)cnc2c1. The molecule has 1 unspecified atom stereocenters. The number of nitrogens with zero attached hydrogens (tertiary/aromatic N) is 3. The van der Waals surface area contributed by atoms with Crippen molar-refractivity contribution >= 4 is 11.5 Å². The van der Waals surface area contributed by atoms with E-state index in [0.29, 0.717) is 23.2 Å². The summed E-state index contributed by atoms with van der Waals surface area (Å²) in [6, 6.07) is 7.13. The number of hydrogen-bond acceptors (Lipinski definition) is 5. The molecule has 136 valence electrons. The maximum atomic E-state index is 14.5. The predicted octanol–water partition coefficient (Wildman–Crippen LogP) is 3.10. The summed E-state index contributed by atoms with van der Waals surface area (Å²) in [6.07, 6.45) is 4.58. The van der Waals surface area contributed by atoms with Gasteiger partial charge in [-0.2, -0.15) is 0 Å². The summed E-state index contributed by atoms with van der Waals surface area (Å²) in [5.41, 5.74) is 1.59. The highest BCUT2D eigenvalue weighted by Crippen LogP contribution is 2.26. The molecule has 0 bridgehead atoms. The fourth-order valence-corrected chi connectivity index (χ4v) is 3.17. The summed E-state index contributed by atoms with van der Waals surface area (Å²) in [7, 11) is 0. The Hall–Kier alpha value is -2.67. The second-order valence-electron chi connectivity index (χ2n) is 6.76. The standard InChI is InChI=1S/C19H22FN5O/c1-12(2)26-14-6-8-25-16(11-22-18(25)9-14)19-15(20)3-4-17(24-19)23-13-5-7-21-10-13/h3-4,6,8-9,11-13,21H,5,7,10H2,1-2H3,(H,23,24). The Kier molecular flexibility index (Phi) is 4.46. The van der Waals surface area contributed by atoms with Gasteiger partial charge in [-0.3, -0.25) is 4.40 Å². The van der Waals surface area contributed by atoms with Gasteiger partial charge >= 0.3 is 0 Å². The van der Waals surface area contributed by atoms with Crippen LogP contribution in [0.15, 0.2) is 36.7 Å². The van der Waals surface area contributed by atoms with Crippen LogP contribution in [-0.4, -0.2) is 39.6 Å². The molecule has 0 aliphatic carbocycles. The minimum absolute atomic E-state index is 0.0822. The smallest absolute Gasteiger partial charge is 0.151 e. The third-order valence-corrected chi connectivity index (χ3v) is 4.36. The molecular formula is C19H22FN5O. The van der Waals surface area contributed by atoms with Crippen molar-refractivity contribution in [2.24, 2.45) is 0 Å². The number of pyridine rings is 2. The molecule has 0 radical (unpaired) electrons. The Balaban J connectivity index is 1.67. The number of rotatable bonds is 5. The molecule has 3 aromatic heterocycles. The summed E-state index contributed by atoms with van der Waals surface area (Å²) < 4.78 is 22.0. The molecule has 26 heavy (non-hydrogen) atoms. The van der Waals surface area contributed by atoms with E-state index in [1.165, 1.54) is 6.07 Å². The van der Waals surface area contributed by atoms with E-state index in [1.807, 2.05) is 36.6 Å². The van der Waals surface area contributed by atoms with Crippen LogP contribution in [0.2, 0.25) is 0 Å². The van der Waals surface area contributed by atoms with E-state index in [4.69, 9.17) is 4.74 Å². The van der Waals surface area contributed by atoms with Gasteiger partial charge in [0.1, 0.15) is 22.9 Å². The first-order valence-electron chi connectivity index (χ1n) is 8.88. The number of nitrogens with one attached hydrogen (secondary N) is 2. The van der Waals surface area contributed by atoms with E-state index in [-0.39, 0.29) is 17.6 Å². The van der Waals surface area contributed by atoms with Crippen molar-refractivity contribution in [2.75, 3.05) is 18.4 Å². The molecule has 7 heteroatoms. The molecule has 1 fully saturated rings. The van der Waals surface area contributed by atoms with Gasteiger partial charge in [0.25, 0.3) is 0 Å². The topological polar surface area (TPSA) is 63.5 Å². The molecule has 0 saturated carbocycles. The molecule has 1 atom stereocenters. The Morgan fingerprint density at radius 3 is 3.00 bits per heavy atom. The average Bonchev–Trinajstić information content (AvgIpc) is 3.25. The number of aromatic nitrogens is 3. The average molecular weight is 355 g/mol. The molecule has 4 heterocycles. The molecule has 1 aliphatic rings. The van der Waals surface area contributed by atoms with Crippen LogP contribution in [0.4, 0.5) is 10.2 Å². The van der Waals surface area contributed by atoms with Gasteiger partial charge in [-0.15, -0.1) is 0 Å². The first-order chi connectivity index (χ1) is 12.6. The van der Waals surface area contributed by atoms with Crippen LogP contribution >= 0.6 is 0 Å². The highest BCUT2D eigenvalue weighted by atomic mass is 19.1. The van der Waals surface area contributed by atoms with Gasteiger partial charge in [-0.1, -0.05) is 0 Å². The lowest BCUT2D eigenvalue weighted by molar-refractivity contribution is 0.242. The molecule has 0 aromatic carbocycles. The predicted molar refractivity (Wildman–Crippen MR) is 99.0 cm³/mol. The molecule has 2 N–H and O–H groups in total. The van der Waals surface area contributed by atoms with Crippen LogP contribution in [0, 0.1) is 5.82 Å². The fourth-order valence-electron chi connectivity index (χ4n) is 3.17. The summed E-state index contributed by atoms with van der Waals surface area (Å²) >= 11 is 0. The van der Waals surface area contributed by atoms with Crippen molar-refractivity contribution in [1.82, 2.24) is 19.7 Å². The largest absolute Gasteiger partial charge is 0.491 e. The van der Waals surface area contributed by atoms with E-state index < -0.39 is 0 Å². The number of imidazole rings is 1. The minimum Gasteiger partial charge on any atom is -0.491 e. The van der Waals surface area contributed by atoms with Gasteiger partial charge in [-0.05, 0) is 45.0 Å². The lowest BCUT2D eigenvalue weighted by Crippen LogP contribution is -2.22. The fraction of sp³-hybridized carbons (Fsp3) is 0.368. The van der Waals surface area contributed by atoms with Crippen LogP contribution in [0.5, 0.6) is 5.75 Å². The summed E-state index contributed by atoms with van der Waals surface area (Å²) in [5.74, 6) is 1.04. The molecular weight excluding hydrogens is 333 g/mol. The van der Waals surface area contributed by atoms with Crippen LogP contribution in [0.25, 0.3) is 17.0 Å². The van der Waals surface area contributed by atoms with Crippen molar-refractivity contribution in [2.45, 2.75) is 32.4 Å². The van der Waals surface area contributed by atoms with E-state index in [2.05, 4.69) is 20.6 Å². The normalized spacial score (nSPS) is 17.2. The lowest BCUT2D eigenvalue weighted by Gasteiger charge is -2.13. The molecule has 4 rings (SSSR count). The quantitative estimate of drug-likeness (QED) is 0.736. The molecule has 1 aliphatic heterocycles.